The van der Waals surface area contributed by atoms with E-state index < -0.39 is 21.8 Å². The predicted octanol–water partition coefficient (Wildman–Crippen LogP) is 3.65. The largest absolute Gasteiger partial charge is 0.462 e. The first-order chi connectivity index (χ1) is 14.2. The second-order valence-corrected chi connectivity index (χ2v) is 10.3. The molecule has 1 aromatic heterocycles. The van der Waals surface area contributed by atoms with Gasteiger partial charge in [-0.15, -0.1) is 11.3 Å². The van der Waals surface area contributed by atoms with Crippen LogP contribution in [0.5, 0.6) is 0 Å². The quantitative estimate of drug-likeness (QED) is 0.625. The first-order valence-electron chi connectivity index (χ1n) is 9.90. The third-order valence-electron chi connectivity index (χ3n) is 4.94. The van der Waals surface area contributed by atoms with E-state index >= 15 is 0 Å². The summed E-state index contributed by atoms with van der Waals surface area (Å²) in [4.78, 5) is 26.6. The lowest BCUT2D eigenvalue weighted by Crippen LogP contribution is -2.32. The molecular weight excluding hydrogens is 424 g/mol. The van der Waals surface area contributed by atoms with Gasteiger partial charge in [0.15, 0.2) is 9.84 Å². The smallest absolute Gasteiger partial charge is 0.341 e. The van der Waals surface area contributed by atoms with E-state index in [2.05, 4.69) is 10.6 Å². The average Bonchev–Trinajstić information content (AvgIpc) is 3.05. The van der Waals surface area contributed by atoms with Crippen molar-refractivity contribution >= 4 is 43.7 Å². The second kappa shape index (κ2) is 9.18. The van der Waals surface area contributed by atoms with E-state index in [-0.39, 0.29) is 17.4 Å². The molecule has 0 saturated heterocycles. The highest BCUT2D eigenvalue weighted by Crippen LogP contribution is 2.38. The summed E-state index contributed by atoms with van der Waals surface area (Å²) < 4.78 is 29.2. The van der Waals surface area contributed by atoms with Crippen LogP contribution in [0, 0.1) is 0 Å². The van der Waals surface area contributed by atoms with Crippen molar-refractivity contribution in [3.63, 3.8) is 0 Å². The number of carbonyl (C=O) groups excluding carboxylic acids is 2. The molecule has 0 aliphatic heterocycles. The first-order valence-corrected chi connectivity index (χ1v) is 12.6. The van der Waals surface area contributed by atoms with Gasteiger partial charge < -0.3 is 15.4 Å². The number of hydrogen-bond donors (Lipinski definition) is 2. The van der Waals surface area contributed by atoms with Crippen LogP contribution in [-0.2, 0) is 32.2 Å². The molecule has 0 spiro atoms. The molecule has 1 atom stereocenters. The third-order valence-corrected chi connectivity index (χ3v) is 7.30. The number of benzene rings is 1. The van der Waals surface area contributed by atoms with Crippen LogP contribution in [0.4, 0.5) is 10.7 Å². The Hall–Kier alpha value is -2.39. The molecular formula is C21H26N2O5S2. The standard InChI is InChI=1S/C21H26N2O5S2/c1-4-28-21(25)18-14-9-5-7-11-16(14)29-20(18)23-19(24)13(2)22-15-10-6-8-12-17(15)30(3,26)27/h6,8,10,12-13,22H,4-5,7,9,11H2,1-3H3,(H,23,24). The predicted molar refractivity (Wildman–Crippen MR) is 118 cm³/mol. The van der Waals surface area contributed by atoms with E-state index in [0.717, 1.165) is 42.4 Å². The maximum Gasteiger partial charge on any atom is 0.341 e. The number of anilines is 2. The van der Waals surface area contributed by atoms with Crippen LogP contribution >= 0.6 is 11.3 Å². The van der Waals surface area contributed by atoms with E-state index in [1.165, 1.54) is 17.4 Å². The number of ether oxygens (including phenoxy) is 1. The lowest BCUT2D eigenvalue weighted by atomic mass is 9.95. The number of sulfone groups is 1. The van der Waals surface area contributed by atoms with Gasteiger partial charge in [0.25, 0.3) is 0 Å². The Bertz CT molecular complexity index is 1060. The van der Waals surface area contributed by atoms with Crippen molar-refractivity contribution in [3.8, 4) is 0 Å². The van der Waals surface area contributed by atoms with E-state index in [1.807, 2.05) is 0 Å². The number of carbonyl (C=O) groups is 2. The molecule has 0 bridgehead atoms. The summed E-state index contributed by atoms with van der Waals surface area (Å²) in [6.07, 6.45) is 4.87. The molecule has 0 fully saturated rings. The monoisotopic (exact) mass is 450 g/mol. The van der Waals surface area contributed by atoms with Crippen LogP contribution in [0.1, 0.15) is 47.5 Å². The van der Waals surface area contributed by atoms with E-state index in [9.17, 15) is 18.0 Å². The Morgan fingerprint density at radius 3 is 2.60 bits per heavy atom. The van der Waals surface area contributed by atoms with Gasteiger partial charge in [0.05, 0.1) is 22.8 Å². The minimum atomic E-state index is -3.44. The van der Waals surface area contributed by atoms with Crippen LogP contribution < -0.4 is 10.6 Å². The molecule has 0 radical (unpaired) electrons. The highest BCUT2D eigenvalue weighted by Gasteiger charge is 2.28. The summed E-state index contributed by atoms with van der Waals surface area (Å²) in [5, 5.41) is 6.32. The molecule has 1 aromatic carbocycles. The number of amides is 1. The number of thiophene rings is 1. The molecule has 30 heavy (non-hydrogen) atoms. The molecule has 0 saturated carbocycles. The molecule has 1 aliphatic rings. The average molecular weight is 451 g/mol. The van der Waals surface area contributed by atoms with Crippen molar-refractivity contribution in [1.29, 1.82) is 0 Å². The SMILES string of the molecule is CCOC(=O)c1c(NC(=O)C(C)Nc2ccccc2S(C)(=O)=O)sc2c1CCCC2. The fraction of sp³-hybridized carbons (Fsp3) is 0.429. The molecule has 1 heterocycles. The summed E-state index contributed by atoms with van der Waals surface area (Å²) in [5.41, 5.74) is 1.79. The zero-order valence-electron chi connectivity index (χ0n) is 17.3. The van der Waals surface area contributed by atoms with Gasteiger partial charge in [-0.3, -0.25) is 4.79 Å². The lowest BCUT2D eigenvalue weighted by molar-refractivity contribution is -0.116. The summed E-state index contributed by atoms with van der Waals surface area (Å²) in [7, 11) is -3.44. The van der Waals surface area contributed by atoms with Gasteiger partial charge in [-0.2, -0.15) is 0 Å². The van der Waals surface area contributed by atoms with Crippen LogP contribution in [0.2, 0.25) is 0 Å². The highest BCUT2D eigenvalue weighted by molar-refractivity contribution is 7.90. The maximum atomic E-state index is 12.9. The topological polar surface area (TPSA) is 102 Å². The Kier molecular flexibility index (Phi) is 6.82. The summed E-state index contributed by atoms with van der Waals surface area (Å²) in [5.74, 6) is -0.780. The van der Waals surface area contributed by atoms with Crippen molar-refractivity contribution in [1.82, 2.24) is 0 Å². The van der Waals surface area contributed by atoms with Crippen molar-refractivity contribution in [2.45, 2.75) is 50.5 Å². The molecule has 1 aliphatic carbocycles. The van der Waals surface area contributed by atoms with Gasteiger partial charge in [0, 0.05) is 11.1 Å². The Balaban J connectivity index is 1.83. The van der Waals surface area contributed by atoms with Crippen LogP contribution in [-0.4, -0.2) is 39.2 Å². The maximum absolute atomic E-state index is 12.9. The van der Waals surface area contributed by atoms with Gasteiger partial charge in [-0.1, -0.05) is 12.1 Å². The number of para-hydroxylation sites is 1. The van der Waals surface area contributed by atoms with Gasteiger partial charge in [-0.05, 0) is 57.2 Å². The Labute approximate surface area is 180 Å². The molecule has 7 nitrogen and oxygen atoms in total. The van der Waals surface area contributed by atoms with E-state index in [4.69, 9.17) is 4.74 Å². The van der Waals surface area contributed by atoms with E-state index in [0.29, 0.717) is 16.3 Å². The van der Waals surface area contributed by atoms with Crippen molar-refractivity contribution in [2.75, 3.05) is 23.5 Å². The number of rotatable bonds is 7. The third kappa shape index (κ3) is 4.84. The van der Waals surface area contributed by atoms with Gasteiger partial charge >= 0.3 is 5.97 Å². The van der Waals surface area contributed by atoms with Gasteiger partial charge in [-0.25, -0.2) is 13.2 Å². The van der Waals surface area contributed by atoms with E-state index in [1.54, 1.807) is 32.0 Å². The lowest BCUT2D eigenvalue weighted by Gasteiger charge is -2.17. The van der Waals surface area contributed by atoms with Gasteiger partial charge in [0.2, 0.25) is 5.91 Å². The van der Waals surface area contributed by atoms with Gasteiger partial charge in [0.1, 0.15) is 11.0 Å². The van der Waals surface area contributed by atoms with Crippen LogP contribution in [0.25, 0.3) is 0 Å². The number of nitrogens with one attached hydrogen (secondary N) is 2. The minimum Gasteiger partial charge on any atom is -0.462 e. The Morgan fingerprint density at radius 2 is 1.90 bits per heavy atom. The van der Waals surface area contributed by atoms with Crippen LogP contribution in [0.3, 0.4) is 0 Å². The number of esters is 1. The molecule has 162 valence electrons. The molecule has 2 aromatic rings. The summed E-state index contributed by atoms with van der Waals surface area (Å²) in [6.45, 7) is 3.66. The summed E-state index contributed by atoms with van der Waals surface area (Å²) >= 11 is 1.42. The Morgan fingerprint density at radius 1 is 1.20 bits per heavy atom. The van der Waals surface area contributed by atoms with Crippen molar-refractivity contribution < 1.29 is 22.7 Å². The first kappa shape index (κ1) is 22.3. The van der Waals surface area contributed by atoms with Crippen molar-refractivity contribution in [3.05, 3.63) is 40.3 Å². The zero-order chi connectivity index (χ0) is 21.9. The minimum absolute atomic E-state index is 0.128. The number of hydrogen-bond acceptors (Lipinski definition) is 7. The summed E-state index contributed by atoms with van der Waals surface area (Å²) in [6, 6.07) is 5.73. The normalized spacial score (nSPS) is 14.5. The van der Waals surface area contributed by atoms with Crippen LogP contribution in [0.15, 0.2) is 29.2 Å². The molecule has 2 N–H and O–H groups in total. The van der Waals surface area contributed by atoms with Crippen molar-refractivity contribution in [2.24, 2.45) is 0 Å². The second-order valence-electron chi connectivity index (χ2n) is 7.26. The number of fused-ring (bicyclic) bond motifs is 1. The molecule has 1 amide bonds. The fourth-order valence-corrected chi connectivity index (χ4v) is 5.63. The fourth-order valence-electron chi connectivity index (χ4n) is 3.50. The highest BCUT2D eigenvalue weighted by atomic mass is 32.2. The number of aryl methyl sites for hydroxylation is 1. The zero-order valence-corrected chi connectivity index (χ0v) is 18.9. The molecule has 3 rings (SSSR count). The molecule has 1 unspecified atom stereocenters. The molecule has 9 heteroatoms.